The molecule has 10 heteroatoms. The number of amides is 1. The molecule has 36 heavy (non-hydrogen) atoms. The molecule has 1 aromatic carbocycles. The highest BCUT2D eigenvalue weighted by atomic mass is 19.4. The van der Waals surface area contributed by atoms with Crippen molar-refractivity contribution in [1.29, 1.82) is 0 Å². The van der Waals surface area contributed by atoms with Crippen LogP contribution in [0.4, 0.5) is 13.2 Å². The van der Waals surface area contributed by atoms with Gasteiger partial charge in [0.2, 0.25) is 5.91 Å². The first-order valence-corrected chi connectivity index (χ1v) is 11.0. The smallest absolute Gasteiger partial charge is 0.369 e. The number of hydrogen-bond donors (Lipinski definition) is 2. The van der Waals surface area contributed by atoms with Gasteiger partial charge in [-0.3, -0.25) is 14.6 Å². The number of primary amides is 1. The normalized spacial score (nSPS) is 12.1. The summed E-state index contributed by atoms with van der Waals surface area (Å²) in [6.45, 7) is 9.04. The number of H-pyrrole nitrogens is 1. The van der Waals surface area contributed by atoms with Gasteiger partial charge >= 0.3 is 6.18 Å². The molecule has 2 heterocycles. The van der Waals surface area contributed by atoms with Gasteiger partial charge in [-0.2, -0.15) is 13.2 Å². The summed E-state index contributed by atoms with van der Waals surface area (Å²) in [6, 6.07) is 4.56. The van der Waals surface area contributed by atoms with E-state index in [1.807, 2.05) is 20.8 Å². The topological polar surface area (TPSA) is 115 Å². The van der Waals surface area contributed by atoms with Crippen LogP contribution in [0.25, 0.3) is 22.8 Å². The molecule has 2 aromatic heterocycles. The van der Waals surface area contributed by atoms with Crippen LogP contribution in [0, 0.1) is 22.7 Å². The maximum atomic E-state index is 13.8. The third-order valence-corrected chi connectivity index (χ3v) is 5.18. The van der Waals surface area contributed by atoms with Gasteiger partial charge in [-0.05, 0) is 50.8 Å². The van der Waals surface area contributed by atoms with E-state index in [1.54, 1.807) is 13.8 Å². The Bertz CT molecular complexity index is 1410. The summed E-state index contributed by atoms with van der Waals surface area (Å²) in [6.07, 6.45) is -1.85. The number of carbonyl (C=O) groups excluding carboxylic acids is 1. The average Bonchev–Trinajstić information content (AvgIpc) is 2.76. The molecule has 0 spiro atoms. The SMILES string of the molecule is CC(C)(C)C#Cc1cnc(-c2cc(=O)[nH]c(-c3cc(CC(C)(C)C(N)=O)ccc3C(F)(F)F)n2)cn1. The van der Waals surface area contributed by atoms with Gasteiger partial charge in [0.05, 0.1) is 23.7 Å². The van der Waals surface area contributed by atoms with Crippen molar-refractivity contribution >= 4 is 5.91 Å². The fraction of sp³-hybridized carbons (Fsp3) is 0.346. The van der Waals surface area contributed by atoms with Crippen LogP contribution in [0.3, 0.4) is 0 Å². The molecule has 0 saturated heterocycles. The minimum absolute atomic E-state index is 0.0487. The number of nitrogens with two attached hydrogens (primary N) is 1. The highest BCUT2D eigenvalue weighted by Gasteiger charge is 2.35. The Morgan fingerprint density at radius 3 is 2.28 bits per heavy atom. The second kappa shape index (κ2) is 9.57. The van der Waals surface area contributed by atoms with Crippen LogP contribution in [0.1, 0.15) is 51.4 Å². The van der Waals surface area contributed by atoms with Gasteiger partial charge in [-0.15, -0.1) is 0 Å². The van der Waals surface area contributed by atoms with E-state index >= 15 is 0 Å². The summed E-state index contributed by atoms with van der Waals surface area (Å²) in [4.78, 5) is 39.2. The highest BCUT2D eigenvalue weighted by Crippen LogP contribution is 2.37. The zero-order valence-electron chi connectivity index (χ0n) is 20.5. The molecule has 0 unspecified atom stereocenters. The second-order valence-electron chi connectivity index (χ2n) is 10.1. The first-order valence-electron chi connectivity index (χ1n) is 11.0. The first kappa shape index (κ1) is 26.6. The van der Waals surface area contributed by atoms with Crippen LogP contribution in [0.2, 0.25) is 0 Å². The Labute approximate surface area is 206 Å². The van der Waals surface area contributed by atoms with Gasteiger partial charge in [0.25, 0.3) is 5.56 Å². The summed E-state index contributed by atoms with van der Waals surface area (Å²) >= 11 is 0. The lowest BCUT2D eigenvalue weighted by Gasteiger charge is -2.21. The molecule has 0 bridgehead atoms. The molecule has 0 aliphatic heterocycles. The number of alkyl halides is 3. The van der Waals surface area contributed by atoms with Crippen LogP contribution in [0.15, 0.2) is 41.5 Å². The fourth-order valence-corrected chi connectivity index (χ4v) is 3.23. The number of halogens is 3. The molecular weight excluding hydrogens is 471 g/mol. The number of aromatic amines is 1. The maximum absolute atomic E-state index is 13.8. The lowest BCUT2D eigenvalue weighted by Crippen LogP contribution is -2.33. The Kier molecular flexibility index (Phi) is 7.07. The zero-order chi connectivity index (χ0) is 26.9. The van der Waals surface area contributed by atoms with E-state index in [0.717, 1.165) is 12.1 Å². The van der Waals surface area contributed by atoms with Crippen LogP contribution in [0.5, 0.6) is 0 Å². The maximum Gasteiger partial charge on any atom is 0.417 e. The average molecular weight is 498 g/mol. The van der Waals surface area contributed by atoms with E-state index in [-0.39, 0.29) is 34.6 Å². The van der Waals surface area contributed by atoms with Gasteiger partial charge in [0.1, 0.15) is 17.2 Å². The third kappa shape index (κ3) is 6.56. The predicted octanol–water partition coefficient (Wildman–Crippen LogP) is 4.36. The van der Waals surface area contributed by atoms with Gasteiger partial charge < -0.3 is 10.7 Å². The van der Waals surface area contributed by atoms with Crippen molar-refractivity contribution in [1.82, 2.24) is 19.9 Å². The van der Waals surface area contributed by atoms with E-state index < -0.39 is 28.6 Å². The quantitative estimate of drug-likeness (QED) is 0.508. The number of rotatable bonds is 5. The second-order valence-corrected chi connectivity index (χ2v) is 10.1. The van der Waals surface area contributed by atoms with E-state index in [1.165, 1.54) is 24.5 Å². The molecule has 3 rings (SSSR count). The molecule has 0 atom stereocenters. The van der Waals surface area contributed by atoms with Crippen molar-refractivity contribution in [2.75, 3.05) is 0 Å². The summed E-state index contributed by atoms with van der Waals surface area (Å²) in [5, 5.41) is 0. The molecule has 188 valence electrons. The first-order chi connectivity index (χ1) is 16.5. The van der Waals surface area contributed by atoms with Crippen LogP contribution < -0.4 is 11.3 Å². The van der Waals surface area contributed by atoms with E-state index in [4.69, 9.17) is 5.73 Å². The van der Waals surface area contributed by atoms with Crippen LogP contribution >= 0.6 is 0 Å². The zero-order valence-corrected chi connectivity index (χ0v) is 20.5. The summed E-state index contributed by atoms with van der Waals surface area (Å²) in [7, 11) is 0. The summed E-state index contributed by atoms with van der Waals surface area (Å²) in [5.74, 6) is 5.05. The van der Waals surface area contributed by atoms with E-state index in [9.17, 15) is 22.8 Å². The lowest BCUT2D eigenvalue weighted by molar-refractivity contribution is -0.137. The van der Waals surface area contributed by atoms with Crippen LogP contribution in [-0.2, 0) is 17.4 Å². The van der Waals surface area contributed by atoms with Crippen molar-refractivity contribution in [3.8, 4) is 34.6 Å². The van der Waals surface area contributed by atoms with Crippen molar-refractivity contribution in [3.05, 3.63) is 63.8 Å². The molecule has 0 saturated carbocycles. The molecular formula is C26H26F3N5O2. The lowest BCUT2D eigenvalue weighted by atomic mass is 9.84. The highest BCUT2D eigenvalue weighted by molar-refractivity contribution is 5.80. The number of carbonyl (C=O) groups is 1. The molecule has 0 aliphatic rings. The molecule has 0 aliphatic carbocycles. The number of aromatic nitrogens is 4. The Morgan fingerprint density at radius 1 is 1.03 bits per heavy atom. The molecule has 0 fully saturated rings. The van der Waals surface area contributed by atoms with Gasteiger partial charge in [-0.1, -0.05) is 25.8 Å². The molecule has 3 N–H and O–H groups in total. The number of hydrogen-bond acceptors (Lipinski definition) is 5. The van der Waals surface area contributed by atoms with Gasteiger partial charge in [0.15, 0.2) is 0 Å². The van der Waals surface area contributed by atoms with Gasteiger partial charge in [-0.25, -0.2) is 9.97 Å². The fourth-order valence-electron chi connectivity index (χ4n) is 3.23. The van der Waals surface area contributed by atoms with Crippen molar-refractivity contribution in [2.24, 2.45) is 16.6 Å². The molecule has 3 aromatic rings. The van der Waals surface area contributed by atoms with Crippen molar-refractivity contribution in [2.45, 2.75) is 47.2 Å². The predicted molar refractivity (Wildman–Crippen MR) is 129 cm³/mol. The Morgan fingerprint density at radius 2 is 1.72 bits per heavy atom. The molecule has 1 amide bonds. The Balaban J connectivity index is 2.10. The van der Waals surface area contributed by atoms with E-state index in [2.05, 4.69) is 31.8 Å². The molecule has 7 nitrogen and oxygen atoms in total. The number of nitrogens with zero attached hydrogens (tertiary/aromatic N) is 3. The minimum atomic E-state index is -4.71. The number of benzene rings is 1. The monoisotopic (exact) mass is 497 g/mol. The minimum Gasteiger partial charge on any atom is -0.369 e. The summed E-state index contributed by atoms with van der Waals surface area (Å²) < 4.78 is 41.5. The largest absolute Gasteiger partial charge is 0.417 e. The third-order valence-electron chi connectivity index (χ3n) is 5.18. The standard InChI is InChI=1S/C26H26F3N5O2/c1-24(2,3)9-8-16-13-32-20(14-31-16)19-11-21(35)34-22(33-19)17-10-15(12-25(4,5)23(30)36)6-7-18(17)26(27,28)29/h6-7,10-11,13-14H,12H2,1-5H3,(H2,30,36)(H,33,34,35). The summed E-state index contributed by atoms with van der Waals surface area (Å²) in [5.41, 5.74) is 3.29. The number of nitrogens with one attached hydrogen (secondary N) is 1. The van der Waals surface area contributed by atoms with Gasteiger partial charge in [0, 0.05) is 22.5 Å². The molecule has 0 radical (unpaired) electrons. The Hall–Kier alpha value is -4.00. The van der Waals surface area contributed by atoms with E-state index in [0.29, 0.717) is 11.3 Å². The van der Waals surface area contributed by atoms with Crippen molar-refractivity contribution < 1.29 is 18.0 Å². The van der Waals surface area contributed by atoms with Crippen LogP contribution in [-0.4, -0.2) is 25.8 Å². The van der Waals surface area contributed by atoms with Crippen molar-refractivity contribution in [3.63, 3.8) is 0 Å².